The molecule has 0 spiro atoms. The van der Waals surface area contributed by atoms with Crippen molar-refractivity contribution in [2.24, 2.45) is 0 Å². The van der Waals surface area contributed by atoms with Crippen molar-refractivity contribution in [1.82, 2.24) is 9.97 Å². The standard InChI is InChI=1S/C4H4N2S5/c7-9-3-1-6-4(2-5-3)10-11-8/h1-2,7-8H. The average molecular weight is 240 g/mol. The number of rotatable bonds is 3. The number of thiol groups is 2. The van der Waals surface area contributed by atoms with E-state index < -0.39 is 0 Å². The quantitative estimate of drug-likeness (QED) is 0.625. The van der Waals surface area contributed by atoms with Crippen molar-refractivity contribution in [3.8, 4) is 0 Å². The zero-order chi connectivity index (χ0) is 8.10. The van der Waals surface area contributed by atoms with Crippen LogP contribution in [0.5, 0.6) is 0 Å². The Labute approximate surface area is 86.8 Å². The summed E-state index contributed by atoms with van der Waals surface area (Å²) in [5.41, 5.74) is 0. The molecule has 7 heteroatoms. The first-order chi connectivity index (χ1) is 5.36. The highest BCUT2D eigenvalue weighted by atomic mass is 33.5. The molecule has 0 aromatic carbocycles. The Morgan fingerprint density at radius 2 is 1.73 bits per heavy atom. The molecule has 0 fully saturated rings. The molecule has 0 aliphatic heterocycles. The largest absolute Gasteiger partial charge is 0.245 e. The van der Waals surface area contributed by atoms with Crippen molar-refractivity contribution in [2.45, 2.75) is 10.1 Å². The molecule has 0 atom stereocenters. The lowest BCUT2D eigenvalue weighted by atomic mass is 10.8. The maximum Gasteiger partial charge on any atom is 0.126 e. The van der Waals surface area contributed by atoms with E-state index in [9.17, 15) is 0 Å². The van der Waals surface area contributed by atoms with Gasteiger partial charge in [-0.15, -0.1) is 11.7 Å². The maximum atomic E-state index is 4.10. The molecule has 2 nitrogen and oxygen atoms in total. The van der Waals surface area contributed by atoms with Crippen LogP contribution in [-0.4, -0.2) is 9.97 Å². The summed E-state index contributed by atoms with van der Waals surface area (Å²) in [5, 5.41) is 1.66. The molecule has 0 saturated heterocycles. The molecule has 11 heavy (non-hydrogen) atoms. The van der Waals surface area contributed by atoms with Crippen molar-refractivity contribution in [3.63, 3.8) is 0 Å². The molecule has 0 saturated carbocycles. The Morgan fingerprint density at radius 1 is 1.09 bits per heavy atom. The van der Waals surface area contributed by atoms with Crippen molar-refractivity contribution >= 4 is 54.7 Å². The van der Waals surface area contributed by atoms with Crippen molar-refractivity contribution in [3.05, 3.63) is 12.4 Å². The van der Waals surface area contributed by atoms with Gasteiger partial charge in [-0.05, 0) is 31.4 Å². The predicted octanol–water partition coefficient (Wildman–Crippen LogP) is 3.00. The second-order valence-electron chi connectivity index (χ2n) is 1.44. The first kappa shape index (κ1) is 9.91. The van der Waals surface area contributed by atoms with E-state index in [-0.39, 0.29) is 0 Å². The van der Waals surface area contributed by atoms with Crippen LogP contribution in [0.2, 0.25) is 0 Å². The van der Waals surface area contributed by atoms with E-state index in [0.29, 0.717) is 0 Å². The lowest BCUT2D eigenvalue weighted by molar-refractivity contribution is 0.973. The molecular formula is C4H4N2S5. The van der Waals surface area contributed by atoms with E-state index in [2.05, 4.69) is 33.3 Å². The monoisotopic (exact) mass is 240 g/mol. The fourth-order valence-electron chi connectivity index (χ4n) is 0.433. The van der Waals surface area contributed by atoms with Gasteiger partial charge < -0.3 is 0 Å². The fourth-order valence-corrected chi connectivity index (χ4v) is 2.36. The summed E-state index contributed by atoms with van der Waals surface area (Å²) < 4.78 is 0. The highest BCUT2D eigenvalue weighted by molar-refractivity contribution is 9.05. The molecule has 1 aromatic heterocycles. The molecular weight excluding hydrogens is 236 g/mol. The smallest absolute Gasteiger partial charge is 0.126 e. The highest BCUT2D eigenvalue weighted by Crippen LogP contribution is 2.31. The van der Waals surface area contributed by atoms with Gasteiger partial charge in [0.2, 0.25) is 0 Å². The van der Waals surface area contributed by atoms with Gasteiger partial charge in [-0.25, -0.2) is 9.97 Å². The van der Waals surface area contributed by atoms with Crippen LogP contribution in [0.1, 0.15) is 0 Å². The van der Waals surface area contributed by atoms with Crippen LogP contribution in [0.15, 0.2) is 22.4 Å². The normalized spacial score (nSPS) is 10.0. The minimum absolute atomic E-state index is 0.807. The third-order valence-corrected chi connectivity index (χ3v) is 3.64. The minimum Gasteiger partial charge on any atom is -0.245 e. The van der Waals surface area contributed by atoms with Gasteiger partial charge in [-0.3, -0.25) is 0 Å². The summed E-state index contributed by atoms with van der Waals surface area (Å²) in [6.07, 6.45) is 3.39. The Kier molecular flexibility index (Phi) is 4.93. The van der Waals surface area contributed by atoms with Crippen LogP contribution >= 0.6 is 54.7 Å². The number of nitrogens with zero attached hydrogens (tertiary/aromatic N) is 2. The Morgan fingerprint density at radius 3 is 2.18 bits per heavy atom. The van der Waals surface area contributed by atoms with Gasteiger partial charge in [0.1, 0.15) is 10.1 Å². The molecule has 0 bridgehead atoms. The van der Waals surface area contributed by atoms with Crippen molar-refractivity contribution in [2.75, 3.05) is 0 Å². The Hall–Kier alpha value is 0.830. The summed E-state index contributed by atoms with van der Waals surface area (Å²) in [6.45, 7) is 0. The molecule has 0 amide bonds. The number of hydrogen-bond donors (Lipinski definition) is 2. The molecule has 1 rings (SSSR count). The molecule has 1 aromatic rings. The minimum atomic E-state index is 0.807. The van der Waals surface area contributed by atoms with Crippen LogP contribution in [0, 0.1) is 0 Å². The summed E-state index contributed by atoms with van der Waals surface area (Å²) in [7, 11) is 4.10. The van der Waals surface area contributed by atoms with Crippen LogP contribution in [0.3, 0.4) is 0 Å². The first-order valence-corrected chi connectivity index (χ1v) is 7.55. The van der Waals surface area contributed by atoms with Gasteiger partial charge in [0.05, 0.1) is 12.4 Å². The molecule has 0 aliphatic carbocycles. The summed E-state index contributed by atoms with van der Waals surface area (Å²) >= 11 is 7.96. The van der Waals surface area contributed by atoms with Crippen LogP contribution < -0.4 is 0 Å². The molecule has 0 aliphatic rings. The average Bonchev–Trinajstić information content (AvgIpc) is 2.07. The van der Waals surface area contributed by atoms with Crippen molar-refractivity contribution in [1.29, 1.82) is 0 Å². The van der Waals surface area contributed by atoms with E-state index in [1.54, 1.807) is 12.4 Å². The number of hydrogen-bond acceptors (Lipinski definition) is 7. The van der Waals surface area contributed by atoms with Gasteiger partial charge in [-0.1, -0.05) is 11.7 Å². The molecule has 0 N–H and O–H groups in total. The molecule has 0 radical (unpaired) electrons. The van der Waals surface area contributed by atoms with Gasteiger partial charge in [-0.2, -0.15) is 0 Å². The maximum absolute atomic E-state index is 4.10. The zero-order valence-electron chi connectivity index (χ0n) is 5.17. The van der Waals surface area contributed by atoms with E-state index in [1.165, 1.54) is 31.4 Å². The van der Waals surface area contributed by atoms with Crippen LogP contribution in [0.4, 0.5) is 0 Å². The van der Waals surface area contributed by atoms with Gasteiger partial charge >= 0.3 is 0 Å². The van der Waals surface area contributed by atoms with E-state index in [0.717, 1.165) is 10.1 Å². The van der Waals surface area contributed by atoms with Gasteiger partial charge in [0.15, 0.2) is 0 Å². The second kappa shape index (κ2) is 5.47. The van der Waals surface area contributed by atoms with Crippen LogP contribution in [-0.2, 0) is 0 Å². The molecule has 0 unspecified atom stereocenters. The lowest BCUT2D eigenvalue weighted by Crippen LogP contribution is -1.81. The van der Waals surface area contributed by atoms with Crippen LogP contribution in [0.25, 0.3) is 0 Å². The highest BCUT2D eigenvalue weighted by Gasteiger charge is 1.95. The Balaban J connectivity index is 2.66. The molecule has 60 valence electrons. The zero-order valence-corrected chi connectivity index (χ0v) is 9.41. The first-order valence-electron chi connectivity index (χ1n) is 2.48. The van der Waals surface area contributed by atoms with Crippen molar-refractivity contribution < 1.29 is 0 Å². The summed E-state index contributed by atoms with van der Waals surface area (Å²) in [5.74, 6) is 0. The van der Waals surface area contributed by atoms with E-state index in [1.807, 2.05) is 0 Å². The predicted molar refractivity (Wildman–Crippen MR) is 59.3 cm³/mol. The second-order valence-corrected chi connectivity index (χ2v) is 5.61. The SMILES string of the molecule is SSSc1cnc(SS)cn1. The topological polar surface area (TPSA) is 25.8 Å². The molecule has 1 heterocycles. The lowest BCUT2D eigenvalue weighted by Gasteiger charge is -1.95. The van der Waals surface area contributed by atoms with E-state index >= 15 is 0 Å². The fraction of sp³-hybridized carbons (Fsp3) is 0. The third-order valence-electron chi connectivity index (χ3n) is 0.821. The van der Waals surface area contributed by atoms with E-state index in [4.69, 9.17) is 0 Å². The van der Waals surface area contributed by atoms with Gasteiger partial charge in [0, 0.05) is 0 Å². The van der Waals surface area contributed by atoms with Gasteiger partial charge in [0.25, 0.3) is 0 Å². The Bertz CT molecular complexity index is 212. The third kappa shape index (κ3) is 3.37. The number of aromatic nitrogens is 2. The summed E-state index contributed by atoms with van der Waals surface area (Å²) in [6, 6.07) is 0. The summed E-state index contributed by atoms with van der Waals surface area (Å²) in [4.78, 5) is 8.17.